The molecule has 0 saturated heterocycles. The van der Waals surface area contributed by atoms with E-state index < -0.39 is 17.8 Å². The average molecular weight is 621 g/mol. The summed E-state index contributed by atoms with van der Waals surface area (Å²) >= 11 is 9.43. The number of benzene rings is 4. The standard InChI is InChI=1S/C30H23BrClN3O5/c1-2-39-27-16-19(10-15-26(27)40-30(38)20-11-13-22(31)14-12-20)18-33-35-28(36)21-6-5-7-23(17-21)34-29(37)24-8-3-4-9-25(24)32/h3-18H,2H2,1H3,(H,34,37)(H,35,36). The van der Waals surface area contributed by atoms with Crippen molar-refractivity contribution in [1.29, 1.82) is 0 Å². The van der Waals surface area contributed by atoms with Crippen LogP contribution in [0.25, 0.3) is 0 Å². The molecule has 0 aromatic heterocycles. The van der Waals surface area contributed by atoms with Crippen LogP contribution < -0.4 is 20.2 Å². The van der Waals surface area contributed by atoms with Crippen molar-refractivity contribution in [3.8, 4) is 11.5 Å². The number of amides is 2. The smallest absolute Gasteiger partial charge is 0.343 e. The molecule has 0 radical (unpaired) electrons. The Morgan fingerprint density at radius 1 is 0.875 bits per heavy atom. The summed E-state index contributed by atoms with van der Waals surface area (Å²) in [5, 5.41) is 7.08. The number of esters is 1. The number of ether oxygens (including phenoxy) is 2. The molecular weight excluding hydrogens is 598 g/mol. The predicted octanol–water partition coefficient (Wildman–Crippen LogP) is 6.74. The minimum absolute atomic E-state index is 0.256. The third-order valence-corrected chi connectivity index (χ3v) is 6.29. The van der Waals surface area contributed by atoms with Gasteiger partial charge < -0.3 is 14.8 Å². The fraction of sp³-hybridized carbons (Fsp3) is 0.0667. The number of hydrogen-bond acceptors (Lipinski definition) is 6. The van der Waals surface area contributed by atoms with Gasteiger partial charge in [-0.15, -0.1) is 0 Å². The summed E-state index contributed by atoms with van der Waals surface area (Å²) in [4.78, 5) is 37.7. The van der Waals surface area contributed by atoms with Crippen molar-refractivity contribution < 1.29 is 23.9 Å². The van der Waals surface area contributed by atoms with Gasteiger partial charge in [0.2, 0.25) is 0 Å². The maximum atomic E-state index is 12.7. The van der Waals surface area contributed by atoms with Crippen LogP contribution in [0.15, 0.2) is 101 Å². The molecule has 0 aliphatic rings. The molecule has 0 unspecified atom stereocenters. The van der Waals surface area contributed by atoms with Gasteiger partial charge in [-0.25, -0.2) is 10.2 Å². The summed E-state index contributed by atoms with van der Waals surface area (Å²) in [6.07, 6.45) is 1.43. The molecule has 2 amide bonds. The van der Waals surface area contributed by atoms with Crippen LogP contribution in [0.4, 0.5) is 5.69 Å². The van der Waals surface area contributed by atoms with Gasteiger partial charge in [-0.05, 0) is 85.3 Å². The van der Waals surface area contributed by atoms with Gasteiger partial charge >= 0.3 is 5.97 Å². The minimum atomic E-state index is -0.521. The summed E-state index contributed by atoms with van der Waals surface area (Å²) in [5.74, 6) is -0.781. The van der Waals surface area contributed by atoms with E-state index >= 15 is 0 Å². The molecule has 202 valence electrons. The molecule has 0 heterocycles. The second kappa shape index (κ2) is 13.5. The normalized spacial score (nSPS) is 10.7. The summed E-state index contributed by atoms with van der Waals surface area (Å²) in [7, 11) is 0. The van der Waals surface area contributed by atoms with Crippen molar-refractivity contribution in [2.75, 3.05) is 11.9 Å². The second-order valence-electron chi connectivity index (χ2n) is 8.25. The third-order valence-electron chi connectivity index (χ3n) is 5.43. The first-order valence-electron chi connectivity index (χ1n) is 12.1. The lowest BCUT2D eigenvalue weighted by atomic mass is 10.1. The number of carbonyl (C=O) groups is 3. The maximum absolute atomic E-state index is 12.7. The third kappa shape index (κ3) is 7.56. The zero-order chi connectivity index (χ0) is 28.5. The van der Waals surface area contributed by atoms with Crippen molar-refractivity contribution in [1.82, 2.24) is 5.43 Å². The van der Waals surface area contributed by atoms with Gasteiger partial charge in [-0.3, -0.25) is 9.59 Å². The van der Waals surface area contributed by atoms with Gasteiger partial charge in [-0.2, -0.15) is 5.10 Å². The topological polar surface area (TPSA) is 106 Å². The van der Waals surface area contributed by atoms with Crippen molar-refractivity contribution in [2.24, 2.45) is 5.10 Å². The van der Waals surface area contributed by atoms with Crippen LogP contribution in [0.3, 0.4) is 0 Å². The van der Waals surface area contributed by atoms with E-state index in [2.05, 4.69) is 31.8 Å². The molecule has 0 saturated carbocycles. The van der Waals surface area contributed by atoms with E-state index in [9.17, 15) is 14.4 Å². The summed E-state index contributed by atoms with van der Waals surface area (Å²) in [6.45, 7) is 2.16. The van der Waals surface area contributed by atoms with Gasteiger partial charge in [0.25, 0.3) is 11.8 Å². The summed E-state index contributed by atoms with van der Waals surface area (Å²) in [6, 6.07) is 24.8. The maximum Gasteiger partial charge on any atom is 0.343 e. The van der Waals surface area contributed by atoms with E-state index in [0.29, 0.717) is 45.3 Å². The highest BCUT2D eigenvalue weighted by Crippen LogP contribution is 2.29. The van der Waals surface area contributed by atoms with E-state index in [0.717, 1.165) is 4.47 Å². The Hall–Kier alpha value is -4.47. The molecule has 4 aromatic rings. The molecule has 0 bridgehead atoms. The molecule has 0 spiro atoms. The molecule has 4 aromatic carbocycles. The molecule has 0 aliphatic heterocycles. The summed E-state index contributed by atoms with van der Waals surface area (Å²) in [5.41, 5.74) is 4.50. The van der Waals surface area contributed by atoms with Crippen molar-refractivity contribution in [3.63, 3.8) is 0 Å². The number of hydrazone groups is 1. The Bertz CT molecular complexity index is 1570. The van der Waals surface area contributed by atoms with Gasteiger partial charge in [0.05, 0.1) is 29.0 Å². The Labute approximate surface area is 244 Å². The average Bonchev–Trinajstić information content (AvgIpc) is 2.95. The molecule has 2 N–H and O–H groups in total. The number of nitrogens with zero attached hydrogens (tertiary/aromatic N) is 1. The highest BCUT2D eigenvalue weighted by molar-refractivity contribution is 9.10. The number of rotatable bonds is 9. The molecular formula is C30H23BrClN3O5. The number of carbonyl (C=O) groups excluding carboxylic acids is 3. The first-order valence-corrected chi connectivity index (χ1v) is 13.2. The van der Waals surface area contributed by atoms with Crippen molar-refractivity contribution in [2.45, 2.75) is 6.92 Å². The zero-order valence-electron chi connectivity index (χ0n) is 21.2. The molecule has 0 aliphatic carbocycles. The van der Waals surface area contributed by atoms with Gasteiger partial charge in [0, 0.05) is 15.7 Å². The largest absolute Gasteiger partial charge is 0.490 e. The lowest BCUT2D eigenvalue weighted by Gasteiger charge is -2.11. The Morgan fingerprint density at radius 2 is 1.65 bits per heavy atom. The molecule has 8 nitrogen and oxygen atoms in total. The minimum Gasteiger partial charge on any atom is -0.490 e. The van der Waals surface area contributed by atoms with Gasteiger partial charge in [-0.1, -0.05) is 45.7 Å². The van der Waals surface area contributed by atoms with Crippen LogP contribution in [0.2, 0.25) is 5.02 Å². The predicted molar refractivity (Wildman–Crippen MR) is 158 cm³/mol. The molecule has 4 rings (SSSR count). The number of hydrogen-bond donors (Lipinski definition) is 2. The van der Waals surface area contributed by atoms with E-state index in [-0.39, 0.29) is 5.75 Å². The Morgan fingerprint density at radius 3 is 2.40 bits per heavy atom. The van der Waals surface area contributed by atoms with E-state index in [1.54, 1.807) is 84.9 Å². The zero-order valence-corrected chi connectivity index (χ0v) is 23.5. The monoisotopic (exact) mass is 619 g/mol. The quantitative estimate of drug-likeness (QED) is 0.0934. The van der Waals surface area contributed by atoms with Crippen LogP contribution in [0.1, 0.15) is 43.6 Å². The van der Waals surface area contributed by atoms with E-state index in [1.165, 1.54) is 12.3 Å². The second-order valence-corrected chi connectivity index (χ2v) is 9.57. The molecule has 0 fully saturated rings. The summed E-state index contributed by atoms with van der Waals surface area (Å²) < 4.78 is 12.0. The number of nitrogens with one attached hydrogen (secondary N) is 2. The van der Waals surface area contributed by atoms with Crippen molar-refractivity contribution in [3.05, 3.63) is 123 Å². The fourth-order valence-corrected chi connectivity index (χ4v) is 4.00. The molecule has 10 heteroatoms. The van der Waals surface area contributed by atoms with Gasteiger partial charge in [0.15, 0.2) is 11.5 Å². The number of halogens is 2. The van der Waals surface area contributed by atoms with Crippen LogP contribution in [-0.4, -0.2) is 30.6 Å². The highest BCUT2D eigenvalue weighted by Gasteiger charge is 2.14. The lowest BCUT2D eigenvalue weighted by molar-refractivity contribution is 0.0728. The fourth-order valence-electron chi connectivity index (χ4n) is 3.51. The first-order chi connectivity index (χ1) is 19.3. The molecule has 0 atom stereocenters. The van der Waals surface area contributed by atoms with Gasteiger partial charge in [0.1, 0.15) is 0 Å². The Kier molecular flexibility index (Phi) is 9.66. The van der Waals surface area contributed by atoms with Crippen LogP contribution in [0, 0.1) is 0 Å². The van der Waals surface area contributed by atoms with Crippen LogP contribution in [0.5, 0.6) is 11.5 Å². The van der Waals surface area contributed by atoms with E-state index in [4.69, 9.17) is 21.1 Å². The first kappa shape index (κ1) is 28.5. The van der Waals surface area contributed by atoms with E-state index in [1.807, 2.05) is 6.92 Å². The molecule has 40 heavy (non-hydrogen) atoms. The SMILES string of the molecule is CCOc1cc(C=NNC(=O)c2cccc(NC(=O)c3ccccc3Cl)c2)ccc1OC(=O)c1ccc(Br)cc1. The van der Waals surface area contributed by atoms with Crippen LogP contribution in [-0.2, 0) is 0 Å². The Balaban J connectivity index is 1.40. The highest BCUT2D eigenvalue weighted by atomic mass is 79.9. The van der Waals surface area contributed by atoms with Crippen LogP contribution >= 0.6 is 27.5 Å². The number of anilines is 1. The van der Waals surface area contributed by atoms with Crippen molar-refractivity contribution >= 4 is 57.2 Å². The lowest BCUT2D eigenvalue weighted by Crippen LogP contribution is -2.18.